The topological polar surface area (TPSA) is 40.5 Å². The predicted molar refractivity (Wildman–Crippen MR) is 58.9 cm³/mol. The van der Waals surface area contributed by atoms with E-state index >= 15 is 0 Å². The molecule has 0 saturated heterocycles. The Morgan fingerprint density at radius 3 is 2.40 bits per heavy atom. The third-order valence-electron chi connectivity index (χ3n) is 4.12. The number of carboxylic acid groups (broad SMARTS) is 1. The highest BCUT2D eigenvalue weighted by Gasteiger charge is 2.43. The van der Waals surface area contributed by atoms with Crippen LogP contribution in [0.25, 0.3) is 0 Å². The smallest absolute Gasteiger partial charge is 0.407 e. The van der Waals surface area contributed by atoms with E-state index in [-0.39, 0.29) is 6.04 Å². The zero-order valence-corrected chi connectivity index (χ0v) is 9.33. The number of allylic oxidation sites excluding steroid dienone is 1. The zero-order chi connectivity index (χ0) is 11.1. The Labute approximate surface area is 90.8 Å². The Morgan fingerprint density at radius 1 is 1.47 bits per heavy atom. The third kappa shape index (κ3) is 1.87. The number of nitrogens with zero attached hydrogens (tertiary/aromatic N) is 1. The average molecular weight is 209 g/mol. The quantitative estimate of drug-likeness (QED) is 0.674. The molecule has 3 nitrogen and oxygen atoms in total. The highest BCUT2D eigenvalue weighted by Crippen LogP contribution is 2.54. The van der Waals surface area contributed by atoms with Crippen molar-refractivity contribution in [2.75, 3.05) is 7.05 Å². The summed E-state index contributed by atoms with van der Waals surface area (Å²) < 4.78 is 0. The molecule has 1 amide bonds. The fraction of sp³-hybridized carbons (Fsp3) is 0.750. The van der Waals surface area contributed by atoms with Gasteiger partial charge in [0.25, 0.3) is 0 Å². The van der Waals surface area contributed by atoms with E-state index < -0.39 is 6.09 Å². The van der Waals surface area contributed by atoms with Crippen LogP contribution in [0.5, 0.6) is 0 Å². The van der Waals surface area contributed by atoms with E-state index in [9.17, 15) is 4.79 Å². The standard InChI is InChI=1S/C12H19NO2/c1-9-7-12(8-9)5-3-10(4-6-12)13(2)11(14)15/h10H,1,3-8H2,2H3,(H,14,15). The van der Waals surface area contributed by atoms with Crippen molar-refractivity contribution in [1.29, 1.82) is 0 Å². The van der Waals surface area contributed by atoms with Crippen molar-refractivity contribution < 1.29 is 9.90 Å². The molecule has 0 unspecified atom stereocenters. The van der Waals surface area contributed by atoms with Crippen LogP contribution in [0.2, 0.25) is 0 Å². The van der Waals surface area contributed by atoms with Gasteiger partial charge in [0.2, 0.25) is 0 Å². The van der Waals surface area contributed by atoms with Crippen molar-refractivity contribution in [3.8, 4) is 0 Å². The molecular weight excluding hydrogens is 190 g/mol. The number of carbonyl (C=O) groups is 1. The van der Waals surface area contributed by atoms with Gasteiger partial charge in [-0.1, -0.05) is 12.2 Å². The van der Waals surface area contributed by atoms with Crippen LogP contribution >= 0.6 is 0 Å². The molecule has 15 heavy (non-hydrogen) atoms. The van der Waals surface area contributed by atoms with Crippen LogP contribution in [0, 0.1) is 5.41 Å². The van der Waals surface area contributed by atoms with Gasteiger partial charge in [0.1, 0.15) is 0 Å². The Hall–Kier alpha value is -0.990. The van der Waals surface area contributed by atoms with Crippen molar-refractivity contribution in [3.05, 3.63) is 12.2 Å². The summed E-state index contributed by atoms with van der Waals surface area (Å²) in [5.41, 5.74) is 1.88. The van der Waals surface area contributed by atoms with Gasteiger partial charge in [-0.15, -0.1) is 0 Å². The monoisotopic (exact) mass is 209 g/mol. The number of rotatable bonds is 1. The molecule has 0 aromatic rings. The number of hydrogen-bond acceptors (Lipinski definition) is 1. The fourth-order valence-electron chi connectivity index (χ4n) is 3.12. The lowest BCUT2D eigenvalue weighted by molar-refractivity contribution is 0.0691. The summed E-state index contributed by atoms with van der Waals surface area (Å²) in [6, 6.07) is 0.238. The molecule has 0 heterocycles. The molecule has 1 spiro atoms. The second kappa shape index (κ2) is 3.54. The minimum atomic E-state index is -0.797. The van der Waals surface area contributed by atoms with E-state index in [0.717, 1.165) is 12.8 Å². The lowest BCUT2D eigenvalue weighted by atomic mass is 9.58. The molecule has 2 saturated carbocycles. The van der Waals surface area contributed by atoms with Gasteiger partial charge in [-0.25, -0.2) is 4.79 Å². The van der Waals surface area contributed by atoms with Crippen LogP contribution in [-0.2, 0) is 0 Å². The van der Waals surface area contributed by atoms with Gasteiger partial charge in [0, 0.05) is 13.1 Å². The molecule has 3 heteroatoms. The molecular formula is C12H19NO2. The number of hydrogen-bond donors (Lipinski definition) is 1. The second-order valence-electron chi connectivity index (χ2n) is 5.23. The molecule has 0 radical (unpaired) electrons. The van der Waals surface area contributed by atoms with E-state index in [1.807, 2.05) is 0 Å². The van der Waals surface area contributed by atoms with Crippen molar-refractivity contribution in [1.82, 2.24) is 4.90 Å². The van der Waals surface area contributed by atoms with Crippen LogP contribution in [0.3, 0.4) is 0 Å². The van der Waals surface area contributed by atoms with Gasteiger partial charge in [0.15, 0.2) is 0 Å². The normalized spacial score (nSPS) is 25.0. The first-order valence-electron chi connectivity index (χ1n) is 5.65. The molecule has 0 aromatic heterocycles. The van der Waals surface area contributed by atoms with Crippen molar-refractivity contribution in [2.24, 2.45) is 5.41 Å². The van der Waals surface area contributed by atoms with Gasteiger partial charge >= 0.3 is 6.09 Å². The number of amides is 1. The van der Waals surface area contributed by atoms with Crippen molar-refractivity contribution in [2.45, 2.75) is 44.6 Å². The largest absolute Gasteiger partial charge is 0.465 e. The lowest BCUT2D eigenvalue weighted by Crippen LogP contribution is -2.43. The van der Waals surface area contributed by atoms with Crippen LogP contribution in [0.15, 0.2) is 12.2 Å². The van der Waals surface area contributed by atoms with Gasteiger partial charge in [0.05, 0.1) is 0 Å². The van der Waals surface area contributed by atoms with Crippen LogP contribution < -0.4 is 0 Å². The Bertz CT molecular complexity index is 280. The molecule has 0 atom stereocenters. The summed E-state index contributed by atoms with van der Waals surface area (Å²) in [6.45, 7) is 3.99. The SMILES string of the molecule is C=C1CC2(CCC(N(C)C(=O)O)CC2)C1. The van der Waals surface area contributed by atoms with Crippen molar-refractivity contribution in [3.63, 3.8) is 0 Å². The summed E-state index contributed by atoms with van der Waals surface area (Å²) >= 11 is 0. The summed E-state index contributed by atoms with van der Waals surface area (Å²) in [5.74, 6) is 0. The first kappa shape index (κ1) is 10.5. The second-order valence-corrected chi connectivity index (χ2v) is 5.23. The van der Waals surface area contributed by atoms with E-state index in [2.05, 4.69) is 6.58 Å². The van der Waals surface area contributed by atoms with Gasteiger partial charge in [-0.2, -0.15) is 0 Å². The summed E-state index contributed by atoms with van der Waals surface area (Å²) in [6.07, 6.45) is 5.95. The minimum Gasteiger partial charge on any atom is -0.465 e. The molecule has 0 aliphatic heterocycles. The van der Waals surface area contributed by atoms with Crippen LogP contribution in [-0.4, -0.2) is 29.2 Å². The molecule has 1 N–H and O–H groups in total. The van der Waals surface area contributed by atoms with Crippen molar-refractivity contribution >= 4 is 6.09 Å². The minimum absolute atomic E-state index is 0.238. The highest BCUT2D eigenvalue weighted by molar-refractivity contribution is 5.64. The molecule has 0 aromatic carbocycles. The van der Waals surface area contributed by atoms with Crippen LogP contribution in [0.4, 0.5) is 4.79 Å². The fourth-order valence-corrected chi connectivity index (χ4v) is 3.12. The molecule has 0 bridgehead atoms. The first-order valence-corrected chi connectivity index (χ1v) is 5.65. The molecule has 2 rings (SSSR count). The average Bonchev–Trinajstić information content (AvgIpc) is 2.16. The van der Waals surface area contributed by atoms with E-state index in [4.69, 9.17) is 5.11 Å². The molecule has 2 aliphatic rings. The van der Waals surface area contributed by atoms with E-state index in [1.54, 1.807) is 7.05 Å². The molecule has 84 valence electrons. The van der Waals surface area contributed by atoms with E-state index in [0.29, 0.717) is 5.41 Å². The maximum Gasteiger partial charge on any atom is 0.407 e. The Kier molecular flexibility index (Phi) is 2.49. The summed E-state index contributed by atoms with van der Waals surface area (Å²) in [7, 11) is 1.69. The third-order valence-corrected chi connectivity index (χ3v) is 4.12. The first-order chi connectivity index (χ1) is 7.02. The maximum atomic E-state index is 10.8. The molecule has 2 fully saturated rings. The Morgan fingerprint density at radius 2 is 2.00 bits per heavy atom. The maximum absolute atomic E-state index is 10.8. The lowest BCUT2D eigenvalue weighted by Gasteiger charge is -2.49. The summed E-state index contributed by atoms with van der Waals surface area (Å²) in [5, 5.41) is 8.89. The van der Waals surface area contributed by atoms with Gasteiger partial charge < -0.3 is 10.0 Å². The zero-order valence-electron chi connectivity index (χ0n) is 9.33. The van der Waals surface area contributed by atoms with Crippen LogP contribution in [0.1, 0.15) is 38.5 Å². The summed E-state index contributed by atoms with van der Waals surface area (Å²) in [4.78, 5) is 12.3. The predicted octanol–water partition coefficient (Wildman–Crippen LogP) is 2.88. The van der Waals surface area contributed by atoms with Gasteiger partial charge in [-0.05, 0) is 43.9 Å². The van der Waals surface area contributed by atoms with Gasteiger partial charge in [-0.3, -0.25) is 0 Å². The highest BCUT2D eigenvalue weighted by atomic mass is 16.4. The Balaban J connectivity index is 1.87. The molecule has 2 aliphatic carbocycles. The van der Waals surface area contributed by atoms with E-state index in [1.165, 1.54) is 36.2 Å².